The first-order chi connectivity index (χ1) is 15.7. The molecule has 0 spiro atoms. The number of rotatable bonds is 2. The first kappa shape index (κ1) is 29.2. The van der Waals surface area contributed by atoms with Crippen LogP contribution >= 0.6 is 14.2 Å². The Kier molecular flexibility index (Phi) is 8.12. The third-order valence-electron chi connectivity index (χ3n) is 6.72. The molecule has 0 radical (unpaired) electrons. The van der Waals surface area contributed by atoms with Crippen LogP contribution in [0.5, 0.6) is 11.5 Å². The van der Waals surface area contributed by atoms with E-state index < -0.39 is 19.2 Å². The van der Waals surface area contributed by atoms with E-state index in [1.807, 2.05) is 0 Å². The summed E-state index contributed by atoms with van der Waals surface area (Å²) in [6.07, 6.45) is 0. The quantitative estimate of drug-likeness (QED) is 0.364. The molecule has 0 bridgehead atoms. The number of hydrogen-bond donors (Lipinski definition) is 2. The maximum atomic E-state index is 11.5. The summed E-state index contributed by atoms with van der Waals surface area (Å²) in [4.78, 5) is 2.40. The van der Waals surface area contributed by atoms with Crippen LogP contribution in [-0.4, -0.2) is 21.7 Å². The van der Waals surface area contributed by atoms with Crippen LogP contribution in [0.1, 0.15) is 105 Å². The van der Waals surface area contributed by atoms with Gasteiger partial charge < -0.3 is 0 Å². The van der Waals surface area contributed by atoms with E-state index in [0.717, 1.165) is 22.6 Å². The second kappa shape index (κ2) is 9.74. The van der Waals surface area contributed by atoms with Gasteiger partial charge in [-0.1, -0.05) is 0 Å². The summed E-state index contributed by atoms with van der Waals surface area (Å²) in [6.45, 7) is 26.8. The van der Waals surface area contributed by atoms with Crippen molar-refractivity contribution in [2.24, 2.45) is 0 Å². The van der Waals surface area contributed by atoms with Crippen LogP contribution in [0.2, 0.25) is 0 Å². The molecule has 1 aliphatic heterocycles. The Morgan fingerprint density at radius 3 is 1.11 bits per heavy atom. The molecule has 2 aromatic rings. The molecule has 0 aliphatic carbocycles. The summed E-state index contributed by atoms with van der Waals surface area (Å²) in [5.41, 5.74) is 4.67. The van der Waals surface area contributed by atoms with Crippen molar-refractivity contribution in [1.82, 2.24) is 0 Å². The van der Waals surface area contributed by atoms with E-state index in [4.69, 9.17) is 0 Å². The molecule has 0 aromatic heterocycles. The van der Waals surface area contributed by atoms with Crippen LogP contribution in [0, 0.1) is 0 Å². The van der Waals surface area contributed by atoms with Crippen molar-refractivity contribution in [2.75, 3.05) is 11.5 Å². The second-order valence-electron chi connectivity index (χ2n) is 14.0. The van der Waals surface area contributed by atoms with Gasteiger partial charge in [-0.25, -0.2) is 0 Å². The molecular formula is C30H46O2S2Zr. The van der Waals surface area contributed by atoms with Gasteiger partial charge in [-0.15, -0.1) is 0 Å². The molecule has 0 amide bonds. The molecule has 0 saturated carbocycles. The van der Waals surface area contributed by atoms with Gasteiger partial charge in [-0.2, -0.15) is 0 Å². The van der Waals surface area contributed by atoms with Crippen LogP contribution < -0.4 is 0 Å². The van der Waals surface area contributed by atoms with E-state index in [-0.39, 0.29) is 35.9 Å². The molecule has 35 heavy (non-hydrogen) atoms. The van der Waals surface area contributed by atoms with E-state index in [9.17, 15) is 10.2 Å². The standard InChI is InChI=1S/C30H46O2S2.Zr/c1-27(2,3)19-15-21(29(7,8)9)25(31)23(17-19)33-13-14-34-24-18-20(28(4,5)6)16-22(26(24)32)30(10,11)12;/h15-18,31-32H,13-14H2,1-12H3;. The van der Waals surface area contributed by atoms with Gasteiger partial charge in [0.05, 0.1) is 0 Å². The molecule has 2 N–H and O–H groups in total. The predicted octanol–water partition coefficient (Wildman–Crippen LogP) is 9.17. The number of phenols is 2. The number of phenolic OH excluding ortho intramolecular Hbond substituents is 2. The first-order valence-corrected chi connectivity index (χ1v) is 21.5. The van der Waals surface area contributed by atoms with Crippen LogP contribution in [0.3, 0.4) is 0 Å². The molecule has 2 atom stereocenters. The van der Waals surface area contributed by atoms with Crippen molar-refractivity contribution >= 4 is 14.2 Å². The van der Waals surface area contributed by atoms with Crippen LogP contribution in [0.15, 0.2) is 34.1 Å². The average Bonchev–Trinajstić information content (AvgIpc) is 3.14. The van der Waals surface area contributed by atoms with Crippen molar-refractivity contribution in [3.63, 3.8) is 0 Å². The number of hydrogen-bond acceptors (Lipinski definition) is 2. The zero-order chi connectivity index (χ0) is 26.7. The van der Waals surface area contributed by atoms with E-state index >= 15 is 0 Å². The zero-order valence-electron chi connectivity index (χ0n) is 23.9. The fraction of sp³-hybridized carbons (Fsp3) is 0.600. The van der Waals surface area contributed by atoms with Crippen molar-refractivity contribution < 1.29 is 29.4 Å². The molecule has 2 unspecified atom stereocenters. The van der Waals surface area contributed by atoms with Crippen molar-refractivity contribution in [3.05, 3.63) is 46.5 Å². The Balaban J connectivity index is 2.31. The molecule has 194 valence electrons. The summed E-state index contributed by atoms with van der Waals surface area (Å²) >= 11 is -0.926. The molecule has 1 aliphatic rings. The van der Waals surface area contributed by atoms with Gasteiger partial charge in [-0.05, 0) is 0 Å². The normalized spacial score (nSPS) is 19.4. The van der Waals surface area contributed by atoms with E-state index in [2.05, 4.69) is 107 Å². The summed E-state index contributed by atoms with van der Waals surface area (Å²) in [5, 5.41) is 23.0. The Hall–Kier alpha value is -0.377. The van der Waals surface area contributed by atoms with Crippen LogP contribution in [-0.2, 0) is 40.8 Å². The summed E-state index contributed by atoms with van der Waals surface area (Å²) < 4.78 is 0. The van der Waals surface area contributed by atoms with E-state index in [1.165, 1.54) is 20.9 Å². The van der Waals surface area contributed by atoms with E-state index in [0.29, 0.717) is 11.5 Å². The van der Waals surface area contributed by atoms with Crippen LogP contribution in [0.25, 0.3) is 0 Å². The number of aromatic hydroxyl groups is 2. The second-order valence-corrected chi connectivity index (χ2v) is 28.9. The first-order valence-electron chi connectivity index (χ1n) is 12.7. The SMILES string of the molecule is CC(C)(C)c1cc([S]2=[Zr]=[S](c3cc(C(C)(C)C)cc(C(C)(C)C)c3O)CC2)c(O)c(C(C)(C)C)c1. The monoisotopic (exact) mass is 592 g/mol. The maximum absolute atomic E-state index is 11.5. The Morgan fingerprint density at radius 1 is 0.543 bits per heavy atom. The molecule has 0 fully saturated rings. The van der Waals surface area contributed by atoms with Gasteiger partial charge in [0.15, 0.2) is 0 Å². The fourth-order valence-electron chi connectivity index (χ4n) is 4.28. The summed E-state index contributed by atoms with van der Waals surface area (Å²) in [5.74, 6) is 3.35. The van der Waals surface area contributed by atoms with Gasteiger partial charge in [0.25, 0.3) is 0 Å². The summed E-state index contributed by atoms with van der Waals surface area (Å²) in [7, 11) is 0.269. The third kappa shape index (κ3) is 6.38. The average molecular weight is 594 g/mol. The van der Waals surface area contributed by atoms with Crippen molar-refractivity contribution in [2.45, 2.75) is 115 Å². The Bertz CT molecular complexity index is 1130. The Morgan fingerprint density at radius 2 is 0.857 bits per heavy atom. The molecule has 1 heterocycles. The molecular weight excluding hydrogens is 548 g/mol. The van der Waals surface area contributed by atoms with Gasteiger partial charge >= 0.3 is 228 Å². The minimum absolute atomic E-state index is 0.0409. The van der Waals surface area contributed by atoms with Crippen LogP contribution in [0.4, 0.5) is 0 Å². The van der Waals surface area contributed by atoms with E-state index in [1.54, 1.807) is 0 Å². The minimum atomic E-state index is -0.926. The Labute approximate surface area is 226 Å². The van der Waals surface area contributed by atoms with Gasteiger partial charge in [-0.3, -0.25) is 0 Å². The van der Waals surface area contributed by atoms with Gasteiger partial charge in [0, 0.05) is 0 Å². The van der Waals surface area contributed by atoms with Crippen molar-refractivity contribution in [1.29, 1.82) is 0 Å². The molecule has 2 nitrogen and oxygen atoms in total. The third-order valence-corrected chi connectivity index (χ3v) is 26.7. The molecule has 0 saturated heterocycles. The molecule has 3 rings (SSSR count). The van der Waals surface area contributed by atoms with Gasteiger partial charge in [0.1, 0.15) is 0 Å². The topological polar surface area (TPSA) is 40.5 Å². The zero-order valence-corrected chi connectivity index (χ0v) is 28.0. The fourth-order valence-corrected chi connectivity index (χ4v) is 28.7. The van der Waals surface area contributed by atoms with Crippen molar-refractivity contribution in [3.8, 4) is 11.5 Å². The number of benzene rings is 2. The summed E-state index contributed by atoms with van der Waals surface area (Å²) in [6, 6.07) is 9.09. The van der Waals surface area contributed by atoms with Gasteiger partial charge in [0.2, 0.25) is 0 Å². The predicted molar refractivity (Wildman–Crippen MR) is 152 cm³/mol. The molecule has 2 aromatic carbocycles. The molecule has 5 heteroatoms.